The molecule has 0 aliphatic carbocycles. The van der Waals surface area contributed by atoms with Crippen LogP contribution in [0.15, 0.2) is 64.3 Å². The van der Waals surface area contributed by atoms with Crippen LogP contribution in [0.2, 0.25) is 0 Å². The summed E-state index contributed by atoms with van der Waals surface area (Å²) in [6.07, 6.45) is 1.61. The molecule has 23 heavy (non-hydrogen) atoms. The maximum atomic E-state index is 12.4. The van der Waals surface area contributed by atoms with Crippen molar-refractivity contribution in [2.75, 3.05) is 5.32 Å². The molecule has 0 atom stereocenters. The van der Waals surface area contributed by atoms with E-state index in [1.54, 1.807) is 24.3 Å². The standard InChI is InChI=1S/C18H16N2O3/c1-3-10-20-15-11-13(8-9-16(15)23-18(20)22)17(21)19-14-7-5-4-6-12(14)2/h3-9,11H,1,10H2,2H3,(H,19,21). The molecule has 116 valence electrons. The molecule has 0 fully saturated rings. The van der Waals surface area contributed by atoms with Crippen molar-refractivity contribution >= 4 is 22.7 Å². The molecule has 5 heteroatoms. The molecule has 0 radical (unpaired) electrons. The molecule has 1 amide bonds. The monoisotopic (exact) mass is 308 g/mol. The Morgan fingerprint density at radius 1 is 1.30 bits per heavy atom. The van der Waals surface area contributed by atoms with Gasteiger partial charge in [-0.2, -0.15) is 0 Å². The van der Waals surface area contributed by atoms with E-state index in [2.05, 4.69) is 11.9 Å². The number of para-hydroxylation sites is 1. The van der Waals surface area contributed by atoms with Gasteiger partial charge in [-0.25, -0.2) is 4.79 Å². The predicted molar refractivity (Wildman–Crippen MR) is 89.8 cm³/mol. The molecule has 1 aromatic heterocycles. The van der Waals surface area contributed by atoms with Gasteiger partial charge in [-0.1, -0.05) is 24.3 Å². The number of hydrogen-bond acceptors (Lipinski definition) is 3. The molecule has 1 heterocycles. The molecule has 0 saturated carbocycles. The van der Waals surface area contributed by atoms with Crippen molar-refractivity contribution in [3.63, 3.8) is 0 Å². The number of hydrogen-bond donors (Lipinski definition) is 1. The van der Waals surface area contributed by atoms with E-state index in [1.807, 2.05) is 31.2 Å². The van der Waals surface area contributed by atoms with Crippen molar-refractivity contribution in [3.05, 3.63) is 76.8 Å². The number of aryl methyl sites for hydroxylation is 1. The molecule has 0 saturated heterocycles. The van der Waals surface area contributed by atoms with E-state index >= 15 is 0 Å². The lowest BCUT2D eigenvalue weighted by molar-refractivity contribution is 0.102. The lowest BCUT2D eigenvalue weighted by Crippen LogP contribution is -2.14. The van der Waals surface area contributed by atoms with Crippen LogP contribution < -0.4 is 11.1 Å². The minimum absolute atomic E-state index is 0.236. The Labute approximate surface area is 132 Å². The number of benzene rings is 2. The Morgan fingerprint density at radius 2 is 2.09 bits per heavy atom. The first kappa shape index (κ1) is 14.8. The minimum atomic E-state index is -0.462. The highest BCUT2D eigenvalue weighted by molar-refractivity contribution is 6.06. The molecular weight excluding hydrogens is 292 g/mol. The average Bonchev–Trinajstić information content (AvgIpc) is 2.85. The number of carbonyl (C=O) groups is 1. The van der Waals surface area contributed by atoms with Gasteiger partial charge in [-0.15, -0.1) is 6.58 Å². The lowest BCUT2D eigenvalue weighted by atomic mass is 10.1. The summed E-state index contributed by atoms with van der Waals surface area (Å²) in [5.41, 5.74) is 3.22. The largest absolute Gasteiger partial charge is 0.420 e. The summed E-state index contributed by atoms with van der Waals surface area (Å²) in [7, 11) is 0. The molecule has 3 rings (SSSR count). The third-order valence-corrected chi connectivity index (χ3v) is 3.63. The summed E-state index contributed by atoms with van der Waals surface area (Å²) in [5, 5.41) is 2.87. The summed E-state index contributed by atoms with van der Waals surface area (Å²) in [6, 6.07) is 12.5. The van der Waals surface area contributed by atoms with Crippen molar-refractivity contribution in [2.45, 2.75) is 13.5 Å². The Kier molecular flexibility index (Phi) is 3.85. The maximum absolute atomic E-state index is 12.4. The van der Waals surface area contributed by atoms with Gasteiger partial charge in [-0.05, 0) is 36.8 Å². The van der Waals surface area contributed by atoms with Crippen LogP contribution in [0.4, 0.5) is 5.69 Å². The van der Waals surface area contributed by atoms with E-state index < -0.39 is 5.76 Å². The van der Waals surface area contributed by atoms with Gasteiger partial charge in [0, 0.05) is 17.8 Å². The van der Waals surface area contributed by atoms with Crippen molar-refractivity contribution in [1.29, 1.82) is 0 Å². The second-order valence-corrected chi connectivity index (χ2v) is 5.22. The number of allylic oxidation sites excluding steroid dienone is 1. The highest BCUT2D eigenvalue weighted by atomic mass is 16.4. The molecule has 0 aliphatic rings. The summed E-state index contributed by atoms with van der Waals surface area (Å²) >= 11 is 0. The Hall–Kier alpha value is -3.08. The smallest absolute Gasteiger partial charge is 0.408 e. The molecule has 0 bridgehead atoms. The van der Waals surface area contributed by atoms with E-state index in [0.29, 0.717) is 23.2 Å². The highest BCUT2D eigenvalue weighted by Crippen LogP contribution is 2.18. The fraction of sp³-hybridized carbons (Fsp3) is 0.111. The maximum Gasteiger partial charge on any atom is 0.420 e. The minimum Gasteiger partial charge on any atom is -0.408 e. The number of nitrogens with one attached hydrogen (secondary N) is 1. The van der Waals surface area contributed by atoms with Gasteiger partial charge in [0.15, 0.2) is 5.58 Å². The van der Waals surface area contributed by atoms with Crippen LogP contribution in [0.25, 0.3) is 11.1 Å². The number of nitrogens with zero attached hydrogens (tertiary/aromatic N) is 1. The van der Waals surface area contributed by atoms with E-state index in [4.69, 9.17) is 4.42 Å². The van der Waals surface area contributed by atoms with Gasteiger partial charge < -0.3 is 9.73 Å². The molecule has 5 nitrogen and oxygen atoms in total. The topological polar surface area (TPSA) is 64.2 Å². The van der Waals surface area contributed by atoms with Crippen LogP contribution in [0.3, 0.4) is 0 Å². The van der Waals surface area contributed by atoms with Gasteiger partial charge in [0.1, 0.15) is 0 Å². The lowest BCUT2D eigenvalue weighted by Gasteiger charge is -2.08. The zero-order valence-electron chi connectivity index (χ0n) is 12.7. The number of anilines is 1. The molecule has 0 unspecified atom stereocenters. The third-order valence-electron chi connectivity index (χ3n) is 3.63. The molecule has 2 aromatic carbocycles. The number of fused-ring (bicyclic) bond motifs is 1. The highest BCUT2D eigenvalue weighted by Gasteiger charge is 2.13. The van der Waals surface area contributed by atoms with Crippen molar-refractivity contribution in [3.8, 4) is 0 Å². The Morgan fingerprint density at radius 3 is 2.83 bits per heavy atom. The fourth-order valence-electron chi connectivity index (χ4n) is 2.41. The van der Waals surface area contributed by atoms with E-state index in [1.165, 1.54) is 4.57 Å². The SMILES string of the molecule is C=CCn1c(=O)oc2ccc(C(=O)Nc3ccccc3C)cc21. The van der Waals surface area contributed by atoms with E-state index in [0.717, 1.165) is 11.3 Å². The first-order chi connectivity index (χ1) is 11.1. The van der Waals surface area contributed by atoms with Crippen LogP contribution in [0.1, 0.15) is 15.9 Å². The quantitative estimate of drug-likeness (QED) is 0.752. The number of rotatable bonds is 4. The predicted octanol–water partition coefficient (Wildman–Crippen LogP) is 3.34. The third kappa shape index (κ3) is 2.81. The van der Waals surface area contributed by atoms with Gasteiger partial charge in [0.25, 0.3) is 5.91 Å². The average molecular weight is 308 g/mol. The second-order valence-electron chi connectivity index (χ2n) is 5.22. The second kappa shape index (κ2) is 5.96. The van der Waals surface area contributed by atoms with Crippen molar-refractivity contribution in [1.82, 2.24) is 4.57 Å². The molecule has 1 N–H and O–H groups in total. The van der Waals surface area contributed by atoms with Crippen molar-refractivity contribution in [2.24, 2.45) is 0 Å². The first-order valence-corrected chi connectivity index (χ1v) is 7.21. The van der Waals surface area contributed by atoms with Crippen molar-refractivity contribution < 1.29 is 9.21 Å². The molecular formula is C18H16N2O3. The zero-order chi connectivity index (χ0) is 16.4. The van der Waals surface area contributed by atoms with Crippen LogP contribution in [0, 0.1) is 6.92 Å². The summed E-state index contributed by atoms with van der Waals surface area (Å²) in [5.74, 6) is -0.698. The van der Waals surface area contributed by atoms with Gasteiger partial charge in [0.2, 0.25) is 0 Å². The van der Waals surface area contributed by atoms with Gasteiger partial charge >= 0.3 is 5.76 Å². The van der Waals surface area contributed by atoms with Crippen LogP contribution in [-0.2, 0) is 6.54 Å². The van der Waals surface area contributed by atoms with Gasteiger partial charge in [-0.3, -0.25) is 9.36 Å². The van der Waals surface area contributed by atoms with Crippen LogP contribution in [0.5, 0.6) is 0 Å². The molecule has 0 spiro atoms. The number of oxazole rings is 1. The number of amides is 1. The summed E-state index contributed by atoms with van der Waals surface area (Å²) in [4.78, 5) is 24.2. The van der Waals surface area contributed by atoms with Gasteiger partial charge in [0.05, 0.1) is 5.52 Å². The van der Waals surface area contributed by atoms with E-state index in [9.17, 15) is 9.59 Å². The number of carbonyl (C=O) groups excluding carboxylic acids is 1. The van der Waals surface area contributed by atoms with Crippen LogP contribution >= 0.6 is 0 Å². The Bertz CT molecular complexity index is 950. The van der Waals surface area contributed by atoms with E-state index in [-0.39, 0.29) is 5.91 Å². The molecule has 3 aromatic rings. The van der Waals surface area contributed by atoms with Crippen LogP contribution in [-0.4, -0.2) is 10.5 Å². The fourth-order valence-corrected chi connectivity index (χ4v) is 2.41. The Balaban J connectivity index is 1.98. The normalized spacial score (nSPS) is 10.7. The zero-order valence-corrected chi connectivity index (χ0v) is 12.7. The summed E-state index contributed by atoms with van der Waals surface area (Å²) in [6.45, 7) is 5.88. The first-order valence-electron chi connectivity index (χ1n) is 7.21. The molecule has 0 aliphatic heterocycles. The number of aromatic nitrogens is 1. The summed E-state index contributed by atoms with van der Waals surface area (Å²) < 4.78 is 6.59.